The second kappa shape index (κ2) is 4.96. The second-order valence-electron chi connectivity index (χ2n) is 5.42. The molecule has 1 aromatic rings. The normalized spacial score (nSPS) is 26.1. The Morgan fingerprint density at radius 3 is 3.00 bits per heavy atom. The zero-order chi connectivity index (χ0) is 12.5. The highest BCUT2D eigenvalue weighted by atomic mass is 32.1. The maximum atomic E-state index is 11.9. The molecule has 5 heteroatoms. The summed E-state index contributed by atoms with van der Waals surface area (Å²) in [7, 11) is 0. The predicted molar refractivity (Wildman–Crippen MR) is 70.2 cm³/mol. The van der Waals surface area contributed by atoms with Crippen LogP contribution in [0.4, 0.5) is 0 Å². The van der Waals surface area contributed by atoms with Crippen LogP contribution in [-0.2, 0) is 11.3 Å². The number of nitrogens with zero attached hydrogens (tertiary/aromatic N) is 2. The molecule has 3 rings (SSSR count). The number of rotatable bonds is 6. The minimum absolute atomic E-state index is 0.205. The molecular formula is C13H19N3OS. The van der Waals surface area contributed by atoms with Crippen LogP contribution in [0, 0.1) is 11.8 Å². The highest BCUT2D eigenvalue weighted by Gasteiger charge is 2.41. The average Bonchev–Trinajstić information content (AvgIpc) is 3.28. The fourth-order valence-electron chi connectivity index (χ4n) is 2.39. The van der Waals surface area contributed by atoms with Crippen LogP contribution in [0.1, 0.15) is 55.0 Å². The number of nitrogens with one attached hydrogen (secondary N) is 1. The van der Waals surface area contributed by atoms with Gasteiger partial charge in [-0.2, -0.15) is 0 Å². The Hall–Kier alpha value is -0.970. The van der Waals surface area contributed by atoms with Crippen molar-refractivity contribution in [3.8, 4) is 0 Å². The third-order valence-corrected chi connectivity index (χ3v) is 4.83. The van der Waals surface area contributed by atoms with E-state index in [4.69, 9.17) is 0 Å². The first-order valence-electron chi connectivity index (χ1n) is 6.88. The van der Waals surface area contributed by atoms with Crippen LogP contribution >= 0.6 is 11.3 Å². The van der Waals surface area contributed by atoms with Crippen molar-refractivity contribution in [2.75, 3.05) is 0 Å². The van der Waals surface area contributed by atoms with E-state index in [2.05, 4.69) is 22.4 Å². The molecule has 0 aromatic carbocycles. The Bertz CT molecular complexity index is 441. The minimum atomic E-state index is 0.205. The van der Waals surface area contributed by atoms with E-state index in [1.54, 1.807) is 11.3 Å². The molecule has 2 fully saturated rings. The maximum absolute atomic E-state index is 11.9. The van der Waals surface area contributed by atoms with Gasteiger partial charge in [-0.05, 0) is 31.6 Å². The molecule has 1 N–H and O–H groups in total. The second-order valence-corrected chi connectivity index (χ2v) is 6.51. The summed E-state index contributed by atoms with van der Waals surface area (Å²) in [4.78, 5) is 11.9. The Labute approximate surface area is 111 Å². The van der Waals surface area contributed by atoms with Crippen LogP contribution in [-0.4, -0.2) is 16.1 Å². The highest BCUT2D eigenvalue weighted by Crippen LogP contribution is 2.42. The molecule has 0 radical (unpaired) electrons. The lowest BCUT2D eigenvalue weighted by Gasteiger charge is -2.01. The van der Waals surface area contributed by atoms with Crippen LogP contribution < -0.4 is 5.32 Å². The van der Waals surface area contributed by atoms with Gasteiger partial charge in [0.15, 0.2) is 0 Å². The molecule has 2 atom stereocenters. The molecule has 4 nitrogen and oxygen atoms in total. The van der Waals surface area contributed by atoms with Gasteiger partial charge in [0.1, 0.15) is 10.0 Å². The Morgan fingerprint density at radius 1 is 1.44 bits per heavy atom. The fraction of sp³-hybridized carbons (Fsp3) is 0.769. The molecule has 1 heterocycles. The number of hydrogen-bond donors (Lipinski definition) is 1. The molecule has 0 saturated heterocycles. The summed E-state index contributed by atoms with van der Waals surface area (Å²) in [6, 6.07) is 0. The first-order valence-corrected chi connectivity index (χ1v) is 7.69. The van der Waals surface area contributed by atoms with Gasteiger partial charge in [0.05, 0.1) is 6.54 Å². The van der Waals surface area contributed by atoms with Crippen LogP contribution in [0.5, 0.6) is 0 Å². The molecule has 1 amide bonds. The van der Waals surface area contributed by atoms with E-state index in [0.29, 0.717) is 18.4 Å². The van der Waals surface area contributed by atoms with Crippen molar-refractivity contribution in [2.24, 2.45) is 11.8 Å². The van der Waals surface area contributed by atoms with Crippen LogP contribution in [0.15, 0.2) is 0 Å². The van der Waals surface area contributed by atoms with Gasteiger partial charge in [-0.25, -0.2) is 0 Å². The third-order valence-electron chi connectivity index (χ3n) is 3.74. The van der Waals surface area contributed by atoms with Gasteiger partial charge in [0, 0.05) is 11.8 Å². The molecule has 18 heavy (non-hydrogen) atoms. The van der Waals surface area contributed by atoms with E-state index in [1.807, 2.05) is 0 Å². The standard InChI is InChI=1S/C13H19N3OS/c1-2-3-9-6-10(9)12(17)14-7-11-15-16-13(18-11)8-4-5-8/h8-10H,2-7H2,1H3,(H,14,17)/t9-,10-/m1/s1. The first-order chi connectivity index (χ1) is 8.78. The van der Waals surface area contributed by atoms with Crippen LogP contribution in [0.3, 0.4) is 0 Å². The van der Waals surface area contributed by atoms with E-state index in [0.717, 1.165) is 16.4 Å². The summed E-state index contributed by atoms with van der Waals surface area (Å²) in [6.07, 6.45) is 5.94. The predicted octanol–water partition coefficient (Wildman–Crippen LogP) is 2.47. The molecule has 0 bridgehead atoms. The zero-order valence-electron chi connectivity index (χ0n) is 10.7. The minimum Gasteiger partial charge on any atom is -0.349 e. The van der Waals surface area contributed by atoms with Crippen molar-refractivity contribution in [1.29, 1.82) is 0 Å². The number of carbonyl (C=O) groups excluding carboxylic acids is 1. The molecule has 2 saturated carbocycles. The third kappa shape index (κ3) is 2.71. The topological polar surface area (TPSA) is 54.9 Å². The largest absolute Gasteiger partial charge is 0.349 e. The Balaban J connectivity index is 1.44. The van der Waals surface area contributed by atoms with Gasteiger partial charge in [-0.1, -0.05) is 24.7 Å². The molecular weight excluding hydrogens is 246 g/mol. The fourth-order valence-corrected chi connectivity index (χ4v) is 3.34. The molecule has 0 spiro atoms. The average molecular weight is 265 g/mol. The Kier molecular flexibility index (Phi) is 3.33. The summed E-state index contributed by atoms with van der Waals surface area (Å²) in [6.45, 7) is 2.73. The zero-order valence-corrected chi connectivity index (χ0v) is 11.5. The van der Waals surface area contributed by atoms with E-state index in [9.17, 15) is 4.79 Å². The molecule has 1 aromatic heterocycles. The van der Waals surface area contributed by atoms with Crippen molar-refractivity contribution >= 4 is 17.2 Å². The van der Waals surface area contributed by atoms with Crippen LogP contribution in [0.25, 0.3) is 0 Å². The van der Waals surface area contributed by atoms with Gasteiger partial charge in [0.2, 0.25) is 5.91 Å². The lowest BCUT2D eigenvalue weighted by molar-refractivity contribution is -0.122. The summed E-state index contributed by atoms with van der Waals surface area (Å²) in [5.74, 6) is 1.76. The molecule has 2 aliphatic carbocycles. The number of hydrogen-bond acceptors (Lipinski definition) is 4. The van der Waals surface area contributed by atoms with Crippen molar-refractivity contribution < 1.29 is 4.79 Å². The van der Waals surface area contributed by atoms with E-state index in [1.165, 1.54) is 25.7 Å². The van der Waals surface area contributed by atoms with Gasteiger partial charge in [-0.3, -0.25) is 4.79 Å². The van der Waals surface area contributed by atoms with Gasteiger partial charge < -0.3 is 5.32 Å². The smallest absolute Gasteiger partial charge is 0.223 e. The molecule has 0 unspecified atom stereocenters. The van der Waals surface area contributed by atoms with Gasteiger partial charge in [-0.15, -0.1) is 10.2 Å². The first kappa shape index (κ1) is 12.1. The SMILES string of the molecule is CCC[C@@H]1C[C@H]1C(=O)NCc1nnc(C2CC2)s1. The van der Waals surface area contributed by atoms with Crippen LogP contribution in [0.2, 0.25) is 0 Å². The van der Waals surface area contributed by atoms with Gasteiger partial charge in [0.25, 0.3) is 0 Å². The lowest BCUT2D eigenvalue weighted by atomic mass is 10.2. The van der Waals surface area contributed by atoms with E-state index >= 15 is 0 Å². The molecule has 2 aliphatic rings. The summed E-state index contributed by atoms with van der Waals surface area (Å²) in [5.41, 5.74) is 0. The number of carbonyl (C=O) groups is 1. The highest BCUT2D eigenvalue weighted by molar-refractivity contribution is 7.11. The monoisotopic (exact) mass is 265 g/mol. The summed E-state index contributed by atoms with van der Waals surface area (Å²) >= 11 is 1.65. The summed E-state index contributed by atoms with van der Waals surface area (Å²) in [5, 5.41) is 13.4. The molecule has 0 aliphatic heterocycles. The van der Waals surface area contributed by atoms with Gasteiger partial charge >= 0.3 is 0 Å². The maximum Gasteiger partial charge on any atom is 0.223 e. The Morgan fingerprint density at radius 2 is 2.28 bits per heavy atom. The van der Waals surface area contributed by atoms with Crippen molar-refractivity contribution in [3.05, 3.63) is 10.0 Å². The number of amides is 1. The molecule has 98 valence electrons. The van der Waals surface area contributed by atoms with Crippen molar-refractivity contribution in [2.45, 2.75) is 51.5 Å². The summed E-state index contributed by atoms with van der Waals surface area (Å²) < 4.78 is 0. The van der Waals surface area contributed by atoms with Crippen molar-refractivity contribution in [1.82, 2.24) is 15.5 Å². The lowest BCUT2D eigenvalue weighted by Crippen LogP contribution is -2.24. The van der Waals surface area contributed by atoms with E-state index in [-0.39, 0.29) is 11.8 Å². The van der Waals surface area contributed by atoms with E-state index < -0.39 is 0 Å². The quantitative estimate of drug-likeness (QED) is 0.859. The number of aromatic nitrogens is 2. The van der Waals surface area contributed by atoms with Crippen molar-refractivity contribution in [3.63, 3.8) is 0 Å².